The van der Waals surface area contributed by atoms with Crippen molar-refractivity contribution < 1.29 is 18.5 Å². The number of nitro groups is 1. The summed E-state index contributed by atoms with van der Waals surface area (Å²) in [5.41, 5.74) is 0.366. The van der Waals surface area contributed by atoms with E-state index in [1.54, 1.807) is 36.4 Å². The lowest BCUT2D eigenvalue weighted by molar-refractivity contribution is -0.384. The second-order valence-corrected chi connectivity index (χ2v) is 6.73. The number of hydrogen-bond donors (Lipinski definition) is 2. The number of anilines is 2. The molecule has 9 heteroatoms. The predicted octanol–water partition coefficient (Wildman–Crippen LogP) is 5.67. The Balaban J connectivity index is 1.59. The van der Waals surface area contributed by atoms with E-state index < -0.39 is 22.6 Å². The number of halogens is 2. The fraction of sp³-hybridized carbons (Fsp3) is 0. The minimum absolute atomic E-state index is 0.0208. The molecule has 0 heterocycles. The number of non-ortho nitro benzene ring substituents is 1. The zero-order valence-corrected chi connectivity index (χ0v) is 15.0. The molecule has 28 heavy (non-hydrogen) atoms. The number of nitrogens with zero attached hydrogens (tertiary/aromatic N) is 1. The summed E-state index contributed by atoms with van der Waals surface area (Å²) >= 11 is 1.41. The first-order valence-electron chi connectivity index (χ1n) is 7.96. The van der Waals surface area contributed by atoms with Gasteiger partial charge in [-0.05, 0) is 48.5 Å². The molecular formula is C19H13F2N3O3S. The van der Waals surface area contributed by atoms with Crippen molar-refractivity contribution in [3.05, 3.63) is 88.5 Å². The fourth-order valence-corrected chi connectivity index (χ4v) is 3.07. The Morgan fingerprint density at radius 1 is 0.893 bits per heavy atom. The highest BCUT2D eigenvalue weighted by molar-refractivity contribution is 7.99. The summed E-state index contributed by atoms with van der Waals surface area (Å²) in [5, 5.41) is 15.5. The van der Waals surface area contributed by atoms with Crippen molar-refractivity contribution in [2.75, 3.05) is 10.6 Å². The summed E-state index contributed by atoms with van der Waals surface area (Å²) < 4.78 is 26.4. The second kappa shape index (κ2) is 8.49. The lowest BCUT2D eigenvalue weighted by Gasteiger charge is -2.09. The maximum Gasteiger partial charge on any atom is 0.323 e. The molecule has 0 saturated heterocycles. The number of nitro benzene ring substituents is 1. The first kappa shape index (κ1) is 19.3. The molecule has 3 rings (SSSR count). The van der Waals surface area contributed by atoms with Crippen LogP contribution < -0.4 is 10.6 Å². The highest BCUT2D eigenvalue weighted by atomic mass is 32.2. The highest BCUT2D eigenvalue weighted by Crippen LogP contribution is 2.29. The average Bonchev–Trinajstić information content (AvgIpc) is 2.66. The molecule has 0 aliphatic rings. The molecule has 0 spiro atoms. The van der Waals surface area contributed by atoms with Crippen LogP contribution in [0.15, 0.2) is 76.5 Å². The van der Waals surface area contributed by atoms with E-state index >= 15 is 0 Å². The molecule has 0 unspecified atom stereocenters. The lowest BCUT2D eigenvalue weighted by atomic mass is 10.3. The third-order valence-corrected chi connectivity index (χ3v) is 4.59. The lowest BCUT2D eigenvalue weighted by Crippen LogP contribution is -2.20. The van der Waals surface area contributed by atoms with Crippen LogP contribution in [0.2, 0.25) is 0 Å². The molecule has 3 aromatic rings. The van der Waals surface area contributed by atoms with E-state index in [2.05, 4.69) is 10.6 Å². The van der Waals surface area contributed by atoms with E-state index in [4.69, 9.17) is 0 Å². The Hall–Kier alpha value is -3.46. The van der Waals surface area contributed by atoms with Gasteiger partial charge in [-0.25, -0.2) is 13.6 Å². The topological polar surface area (TPSA) is 84.3 Å². The van der Waals surface area contributed by atoms with Gasteiger partial charge in [0.1, 0.15) is 11.6 Å². The quantitative estimate of drug-likeness (QED) is 0.426. The van der Waals surface area contributed by atoms with E-state index in [0.717, 1.165) is 21.9 Å². The first-order chi connectivity index (χ1) is 13.4. The minimum Gasteiger partial charge on any atom is -0.308 e. The van der Waals surface area contributed by atoms with E-state index in [1.165, 1.54) is 23.9 Å². The van der Waals surface area contributed by atoms with Crippen LogP contribution in [0.5, 0.6) is 0 Å². The third kappa shape index (κ3) is 5.04. The van der Waals surface area contributed by atoms with E-state index in [1.807, 2.05) is 0 Å². The summed E-state index contributed by atoms with van der Waals surface area (Å²) in [6.07, 6.45) is 0. The third-order valence-electron chi connectivity index (χ3n) is 3.57. The largest absolute Gasteiger partial charge is 0.323 e. The summed E-state index contributed by atoms with van der Waals surface area (Å²) in [7, 11) is 0. The van der Waals surface area contributed by atoms with Crippen molar-refractivity contribution in [2.45, 2.75) is 9.79 Å². The monoisotopic (exact) mass is 401 g/mol. The standard InChI is InChI=1S/C19H13F2N3O3S/c20-12-1-10-18(17(21)11-12)23-19(25)22-13-2-6-15(7-3-13)28-16-8-4-14(5-9-16)24(26)27/h1-11H,(H2,22,23,25). The van der Waals surface area contributed by atoms with Crippen molar-refractivity contribution in [3.63, 3.8) is 0 Å². The Kier molecular flexibility index (Phi) is 5.85. The van der Waals surface area contributed by atoms with Crippen molar-refractivity contribution >= 4 is 34.9 Å². The van der Waals surface area contributed by atoms with Crippen LogP contribution in [0.4, 0.5) is 30.6 Å². The molecule has 0 fully saturated rings. The number of carbonyl (C=O) groups is 1. The number of rotatable bonds is 5. The summed E-state index contributed by atoms with van der Waals surface area (Å²) in [6, 6.07) is 15.2. The van der Waals surface area contributed by atoms with E-state index in [9.17, 15) is 23.7 Å². The van der Waals surface area contributed by atoms with Gasteiger partial charge in [0, 0.05) is 33.7 Å². The van der Waals surface area contributed by atoms with Crippen LogP contribution in [0.1, 0.15) is 0 Å². The average molecular weight is 401 g/mol. The molecule has 3 aromatic carbocycles. The number of carbonyl (C=O) groups excluding carboxylic acids is 1. The van der Waals surface area contributed by atoms with Crippen LogP contribution in [-0.4, -0.2) is 11.0 Å². The molecule has 0 saturated carbocycles. The predicted molar refractivity (Wildman–Crippen MR) is 103 cm³/mol. The van der Waals surface area contributed by atoms with Gasteiger partial charge in [-0.15, -0.1) is 0 Å². The van der Waals surface area contributed by atoms with Gasteiger partial charge in [0.25, 0.3) is 5.69 Å². The van der Waals surface area contributed by atoms with E-state index in [-0.39, 0.29) is 11.4 Å². The van der Waals surface area contributed by atoms with Gasteiger partial charge in [-0.2, -0.15) is 0 Å². The Bertz CT molecular complexity index is 1010. The Labute approximate surface area is 162 Å². The summed E-state index contributed by atoms with van der Waals surface area (Å²) in [4.78, 5) is 23.8. The summed E-state index contributed by atoms with van der Waals surface area (Å²) in [6.45, 7) is 0. The minimum atomic E-state index is -0.870. The molecular weight excluding hydrogens is 388 g/mol. The fourth-order valence-electron chi connectivity index (χ4n) is 2.25. The van der Waals surface area contributed by atoms with Crippen LogP contribution >= 0.6 is 11.8 Å². The van der Waals surface area contributed by atoms with Gasteiger partial charge < -0.3 is 10.6 Å². The van der Waals surface area contributed by atoms with Crippen molar-refractivity contribution in [1.82, 2.24) is 0 Å². The van der Waals surface area contributed by atoms with Gasteiger partial charge in [-0.1, -0.05) is 11.8 Å². The van der Waals surface area contributed by atoms with Crippen LogP contribution in [0.3, 0.4) is 0 Å². The maximum absolute atomic E-state index is 13.6. The second-order valence-electron chi connectivity index (χ2n) is 5.58. The first-order valence-corrected chi connectivity index (χ1v) is 8.78. The van der Waals surface area contributed by atoms with Crippen LogP contribution in [-0.2, 0) is 0 Å². The van der Waals surface area contributed by atoms with Gasteiger partial charge in [0.2, 0.25) is 0 Å². The number of amides is 2. The highest BCUT2D eigenvalue weighted by Gasteiger charge is 2.09. The zero-order chi connectivity index (χ0) is 20.1. The zero-order valence-electron chi connectivity index (χ0n) is 14.2. The van der Waals surface area contributed by atoms with Crippen molar-refractivity contribution in [3.8, 4) is 0 Å². The van der Waals surface area contributed by atoms with Crippen LogP contribution in [0.25, 0.3) is 0 Å². The Morgan fingerprint density at radius 3 is 2.07 bits per heavy atom. The maximum atomic E-state index is 13.6. The summed E-state index contributed by atoms with van der Waals surface area (Å²) in [5.74, 6) is -1.60. The molecule has 2 amide bonds. The number of benzene rings is 3. The van der Waals surface area contributed by atoms with Gasteiger partial charge >= 0.3 is 6.03 Å². The molecule has 0 bridgehead atoms. The molecule has 0 atom stereocenters. The van der Waals surface area contributed by atoms with Gasteiger partial charge in [-0.3, -0.25) is 10.1 Å². The number of nitrogens with one attached hydrogen (secondary N) is 2. The smallest absolute Gasteiger partial charge is 0.308 e. The molecule has 142 valence electrons. The van der Waals surface area contributed by atoms with Gasteiger partial charge in [0.15, 0.2) is 0 Å². The molecule has 0 aliphatic carbocycles. The van der Waals surface area contributed by atoms with Crippen LogP contribution in [0, 0.1) is 21.7 Å². The van der Waals surface area contributed by atoms with Crippen molar-refractivity contribution in [2.24, 2.45) is 0 Å². The van der Waals surface area contributed by atoms with Crippen molar-refractivity contribution in [1.29, 1.82) is 0 Å². The normalized spacial score (nSPS) is 10.4. The SMILES string of the molecule is O=C(Nc1ccc(Sc2ccc([N+](=O)[O-])cc2)cc1)Nc1ccc(F)cc1F. The van der Waals surface area contributed by atoms with Gasteiger partial charge in [0.05, 0.1) is 10.6 Å². The molecule has 2 N–H and O–H groups in total. The molecule has 6 nitrogen and oxygen atoms in total. The molecule has 0 aromatic heterocycles. The number of urea groups is 1. The van der Waals surface area contributed by atoms with E-state index in [0.29, 0.717) is 11.8 Å². The molecule has 0 aliphatic heterocycles. The number of hydrogen-bond acceptors (Lipinski definition) is 4. The molecule has 0 radical (unpaired) electrons. The Morgan fingerprint density at radius 2 is 1.50 bits per heavy atom.